The van der Waals surface area contributed by atoms with E-state index in [-0.39, 0.29) is 53.4 Å². The van der Waals surface area contributed by atoms with Gasteiger partial charge in [0.15, 0.2) is 5.75 Å². The number of amides is 1. The summed E-state index contributed by atoms with van der Waals surface area (Å²) in [5.41, 5.74) is 3.52. The molecule has 0 fully saturated rings. The van der Waals surface area contributed by atoms with Crippen LogP contribution in [0.3, 0.4) is 0 Å². The molecule has 1 aliphatic heterocycles. The number of ether oxygens (including phenoxy) is 2. The SMILES string of the molecule is CC[C@H](C)[C@@H]1COc2cc(-c3c(C)cccc3C)nc(n2)NS(=O)(=O)c2cccc(c2)C(=O)N1Cc1ncc(OC(C)C)cn1. The van der Waals surface area contributed by atoms with Gasteiger partial charge in [0.1, 0.15) is 12.4 Å². The Morgan fingerprint density at radius 3 is 2.38 bits per heavy atom. The molecule has 0 radical (unpaired) electrons. The Morgan fingerprint density at radius 2 is 1.71 bits per heavy atom. The number of nitrogens with zero attached hydrogens (tertiary/aromatic N) is 5. The van der Waals surface area contributed by atoms with Crippen molar-refractivity contribution in [3.63, 3.8) is 0 Å². The number of hydrogen-bond donors (Lipinski definition) is 1. The molecule has 2 aromatic carbocycles. The van der Waals surface area contributed by atoms with Gasteiger partial charge in [0, 0.05) is 17.2 Å². The number of benzene rings is 2. The predicted octanol–water partition coefficient (Wildman–Crippen LogP) is 5.59. The van der Waals surface area contributed by atoms with E-state index < -0.39 is 16.1 Å². The lowest BCUT2D eigenvalue weighted by atomic mass is 9.97. The summed E-state index contributed by atoms with van der Waals surface area (Å²) < 4.78 is 41.6. The number of rotatable bonds is 7. The molecule has 2 atom stereocenters. The molecule has 0 spiro atoms. The molecule has 0 aliphatic carbocycles. The van der Waals surface area contributed by atoms with Gasteiger partial charge in [-0.2, -0.15) is 4.98 Å². The van der Waals surface area contributed by atoms with Crippen LogP contribution in [0.1, 0.15) is 61.4 Å². The number of fused-ring (bicyclic) bond motifs is 4. The van der Waals surface area contributed by atoms with Gasteiger partial charge in [-0.15, -0.1) is 0 Å². The molecule has 3 heterocycles. The maximum Gasteiger partial charge on any atom is 0.264 e. The minimum atomic E-state index is -4.17. The normalized spacial score (nSPS) is 16.9. The van der Waals surface area contributed by atoms with E-state index in [0.29, 0.717) is 17.3 Å². The first-order chi connectivity index (χ1) is 21.4. The second-order valence-electron chi connectivity index (χ2n) is 11.5. The van der Waals surface area contributed by atoms with Crippen LogP contribution in [0, 0.1) is 19.8 Å². The van der Waals surface area contributed by atoms with Gasteiger partial charge in [0.05, 0.1) is 41.7 Å². The molecule has 1 N–H and O–H groups in total. The van der Waals surface area contributed by atoms with Crippen molar-refractivity contribution in [1.29, 1.82) is 0 Å². The van der Waals surface area contributed by atoms with Gasteiger partial charge in [-0.25, -0.2) is 28.1 Å². The Balaban J connectivity index is 1.63. The van der Waals surface area contributed by atoms with E-state index in [1.165, 1.54) is 12.1 Å². The molecule has 236 valence electrons. The summed E-state index contributed by atoms with van der Waals surface area (Å²) in [6.45, 7) is 12.0. The Labute approximate surface area is 264 Å². The lowest BCUT2D eigenvalue weighted by Crippen LogP contribution is -2.47. The second kappa shape index (κ2) is 13.2. The molecular formula is C33H38N6O5S. The molecule has 12 heteroatoms. The first-order valence-corrected chi connectivity index (χ1v) is 16.4. The molecular weight excluding hydrogens is 592 g/mol. The fourth-order valence-electron chi connectivity index (χ4n) is 5.29. The van der Waals surface area contributed by atoms with Gasteiger partial charge in [0.25, 0.3) is 15.9 Å². The topological polar surface area (TPSA) is 136 Å². The van der Waals surface area contributed by atoms with Gasteiger partial charge in [-0.3, -0.25) is 4.79 Å². The predicted molar refractivity (Wildman–Crippen MR) is 171 cm³/mol. The van der Waals surface area contributed by atoms with Gasteiger partial charge in [-0.05, 0) is 62.9 Å². The van der Waals surface area contributed by atoms with E-state index in [4.69, 9.17) is 9.47 Å². The van der Waals surface area contributed by atoms with Crippen molar-refractivity contribution in [2.75, 3.05) is 11.3 Å². The third kappa shape index (κ3) is 7.22. The molecule has 11 nitrogen and oxygen atoms in total. The standard InChI is InChI=1S/C33H38N6O5S/c1-7-21(4)28-19-43-30-15-27(31-22(5)10-8-11-23(31)6)36-33(37-30)38-45(41,42)26-13-9-12-24(14-26)32(40)39(28)18-29-34-16-25(17-35-29)44-20(2)3/h8-17,20-21,28H,7,18-19H2,1-6H3,(H,36,37,38)/t21-,28-/m0/s1. The van der Waals surface area contributed by atoms with Crippen molar-refractivity contribution in [2.24, 2.45) is 5.92 Å². The Kier molecular flexibility index (Phi) is 9.33. The number of hydrogen-bond acceptors (Lipinski definition) is 9. The van der Waals surface area contributed by atoms with Crippen LogP contribution in [0.25, 0.3) is 11.3 Å². The molecule has 5 rings (SSSR count). The third-order valence-electron chi connectivity index (χ3n) is 7.79. The van der Waals surface area contributed by atoms with E-state index >= 15 is 0 Å². The van der Waals surface area contributed by atoms with Crippen LogP contribution in [-0.4, -0.2) is 57.9 Å². The molecule has 1 amide bonds. The zero-order chi connectivity index (χ0) is 32.3. The lowest BCUT2D eigenvalue weighted by molar-refractivity contribution is 0.0476. The van der Waals surface area contributed by atoms with Crippen molar-refractivity contribution in [2.45, 2.75) is 71.5 Å². The van der Waals surface area contributed by atoms with Crippen molar-refractivity contribution < 1.29 is 22.7 Å². The van der Waals surface area contributed by atoms with Crippen molar-refractivity contribution in [3.8, 4) is 22.9 Å². The third-order valence-corrected chi connectivity index (χ3v) is 9.11. The highest BCUT2D eigenvalue weighted by molar-refractivity contribution is 7.92. The van der Waals surface area contributed by atoms with Crippen LogP contribution in [0.15, 0.2) is 65.8 Å². The summed E-state index contributed by atoms with van der Waals surface area (Å²) in [6, 6.07) is 13.1. The van der Waals surface area contributed by atoms with Crippen LogP contribution in [0.5, 0.6) is 11.6 Å². The highest BCUT2D eigenvalue weighted by Crippen LogP contribution is 2.31. The van der Waals surface area contributed by atoms with Crippen LogP contribution in [-0.2, 0) is 16.6 Å². The number of carbonyl (C=O) groups excluding carboxylic acids is 1. The molecule has 45 heavy (non-hydrogen) atoms. The van der Waals surface area contributed by atoms with E-state index in [0.717, 1.165) is 23.1 Å². The second-order valence-corrected chi connectivity index (χ2v) is 13.2. The zero-order valence-corrected chi connectivity index (χ0v) is 27.1. The number of nitrogens with one attached hydrogen (secondary N) is 1. The van der Waals surface area contributed by atoms with E-state index in [2.05, 4.69) is 24.7 Å². The molecule has 2 aromatic heterocycles. The summed E-state index contributed by atoms with van der Waals surface area (Å²) in [5, 5.41) is 0. The first kappa shape index (κ1) is 31.8. The van der Waals surface area contributed by atoms with E-state index in [1.54, 1.807) is 35.5 Å². The van der Waals surface area contributed by atoms with Gasteiger partial charge in [0.2, 0.25) is 11.8 Å². The average Bonchev–Trinajstić information content (AvgIpc) is 3.00. The van der Waals surface area contributed by atoms with Gasteiger partial charge < -0.3 is 14.4 Å². The minimum Gasteiger partial charge on any atom is -0.488 e. The molecule has 0 saturated heterocycles. The van der Waals surface area contributed by atoms with Gasteiger partial charge >= 0.3 is 0 Å². The van der Waals surface area contributed by atoms with Crippen molar-refractivity contribution >= 4 is 21.9 Å². The minimum absolute atomic E-state index is 0.00736. The maximum absolute atomic E-state index is 14.2. The highest BCUT2D eigenvalue weighted by Gasteiger charge is 2.32. The monoisotopic (exact) mass is 630 g/mol. The number of aromatic nitrogens is 4. The summed E-state index contributed by atoms with van der Waals surface area (Å²) in [5.74, 6) is 0.599. The number of sulfonamides is 1. The van der Waals surface area contributed by atoms with Crippen molar-refractivity contribution in [1.82, 2.24) is 24.8 Å². The quantitative estimate of drug-likeness (QED) is 0.277. The summed E-state index contributed by atoms with van der Waals surface area (Å²) in [4.78, 5) is 33.7. The van der Waals surface area contributed by atoms with Crippen LogP contribution in [0.4, 0.5) is 5.95 Å². The van der Waals surface area contributed by atoms with Crippen LogP contribution < -0.4 is 14.2 Å². The van der Waals surface area contributed by atoms with E-state index in [1.807, 2.05) is 59.7 Å². The van der Waals surface area contributed by atoms with Crippen LogP contribution in [0.2, 0.25) is 0 Å². The highest BCUT2D eigenvalue weighted by atomic mass is 32.2. The maximum atomic E-state index is 14.2. The van der Waals surface area contributed by atoms with Crippen molar-refractivity contribution in [3.05, 3.63) is 83.4 Å². The van der Waals surface area contributed by atoms with Crippen LogP contribution >= 0.6 is 0 Å². The Hall–Kier alpha value is -4.58. The summed E-state index contributed by atoms with van der Waals surface area (Å²) in [7, 11) is -4.17. The molecule has 1 aliphatic rings. The summed E-state index contributed by atoms with van der Waals surface area (Å²) in [6.07, 6.45) is 3.87. The largest absolute Gasteiger partial charge is 0.488 e. The zero-order valence-electron chi connectivity index (χ0n) is 26.3. The Bertz CT molecular complexity index is 1780. The number of anilines is 1. The molecule has 0 saturated carbocycles. The smallest absolute Gasteiger partial charge is 0.264 e. The van der Waals surface area contributed by atoms with Gasteiger partial charge in [-0.1, -0.05) is 44.5 Å². The number of carbonyl (C=O) groups is 1. The average molecular weight is 631 g/mol. The lowest BCUT2D eigenvalue weighted by Gasteiger charge is -2.35. The molecule has 4 bridgehead atoms. The Morgan fingerprint density at radius 1 is 1.02 bits per heavy atom. The fraction of sp³-hybridized carbons (Fsp3) is 0.364. The molecule has 0 unspecified atom stereocenters. The first-order valence-electron chi connectivity index (χ1n) is 14.9. The molecule has 4 aromatic rings. The van der Waals surface area contributed by atoms with E-state index in [9.17, 15) is 13.2 Å². The number of aryl methyl sites for hydroxylation is 2. The summed E-state index contributed by atoms with van der Waals surface area (Å²) >= 11 is 0. The fourth-order valence-corrected chi connectivity index (χ4v) is 6.28.